The van der Waals surface area contributed by atoms with Crippen LogP contribution in [0.25, 0.3) is 11.0 Å². The second kappa shape index (κ2) is 7.09. The fourth-order valence-corrected chi connectivity index (χ4v) is 3.61. The van der Waals surface area contributed by atoms with Crippen LogP contribution in [0.4, 0.5) is 0 Å². The van der Waals surface area contributed by atoms with Crippen LogP contribution in [0, 0.1) is 0 Å². The van der Waals surface area contributed by atoms with Crippen molar-refractivity contribution < 1.29 is 0 Å². The van der Waals surface area contributed by atoms with Crippen LogP contribution in [0.2, 0.25) is 5.02 Å². The Morgan fingerprint density at radius 3 is 2.71 bits per heavy atom. The van der Waals surface area contributed by atoms with Crippen LogP contribution >= 0.6 is 24.0 Å². The molecule has 3 unspecified atom stereocenters. The average Bonchev–Trinajstić information content (AvgIpc) is 3.02. The number of rotatable bonds is 2. The van der Waals surface area contributed by atoms with Gasteiger partial charge in [-0.2, -0.15) is 0 Å². The first kappa shape index (κ1) is 17.2. The van der Waals surface area contributed by atoms with Crippen molar-refractivity contribution in [1.82, 2.24) is 20.3 Å². The Bertz CT molecular complexity index is 815. The minimum atomic E-state index is 0. The molecule has 2 aromatic heterocycles. The van der Waals surface area contributed by atoms with Crippen molar-refractivity contribution >= 4 is 35.0 Å². The van der Waals surface area contributed by atoms with Crippen molar-refractivity contribution in [3.05, 3.63) is 59.1 Å². The van der Waals surface area contributed by atoms with E-state index in [0.29, 0.717) is 18.0 Å². The highest BCUT2D eigenvalue weighted by molar-refractivity contribution is 6.30. The molecule has 6 heteroatoms. The zero-order valence-corrected chi connectivity index (χ0v) is 14.9. The SMILES string of the molecule is CC1CC(c2ncc3[nH]ccc3n2)CC(c2ccc(Cl)cc2)N1.Cl. The summed E-state index contributed by atoms with van der Waals surface area (Å²) in [6, 6.07) is 10.9. The van der Waals surface area contributed by atoms with Gasteiger partial charge >= 0.3 is 0 Å². The zero-order valence-electron chi connectivity index (χ0n) is 13.4. The molecule has 1 fully saturated rings. The molecule has 24 heavy (non-hydrogen) atoms. The summed E-state index contributed by atoms with van der Waals surface area (Å²) in [5.74, 6) is 1.32. The lowest BCUT2D eigenvalue weighted by Crippen LogP contribution is -2.38. The Labute approximate surface area is 152 Å². The zero-order chi connectivity index (χ0) is 15.8. The Morgan fingerprint density at radius 2 is 1.92 bits per heavy atom. The van der Waals surface area contributed by atoms with E-state index < -0.39 is 0 Å². The van der Waals surface area contributed by atoms with Crippen molar-refractivity contribution in [3.63, 3.8) is 0 Å². The number of H-pyrrole nitrogens is 1. The van der Waals surface area contributed by atoms with Gasteiger partial charge in [-0.1, -0.05) is 23.7 Å². The molecule has 0 radical (unpaired) electrons. The minimum Gasteiger partial charge on any atom is -0.359 e. The van der Waals surface area contributed by atoms with Gasteiger partial charge in [-0.25, -0.2) is 9.97 Å². The fourth-order valence-electron chi connectivity index (χ4n) is 3.48. The molecule has 0 spiro atoms. The number of hydrogen-bond acceptors (Lipinski definition) is 3. The van der Waals surface area contributed by atoms with Gasteiger partial charge < -0.3 is 10.3 Å². The number of aromatic amines is 1. The van der Waals surface area contributed by atoms with Gasteiger partial charge in [0.2, 0.25) is 0 Å². The maximum atomic E-state index is 6.01. The highest BCUT2D eigenvalue weighted by Crippen LogP contribution is 2.35. The largest absolute Gasteiger partial charge is 0.359 e. The molecule has 3 atom stereocenters. The van der Waals surface area contributed by atoms with Crippen LogP contribution in [0.15, 0.2) is 42.7 Å². The van der Waals surface area contributed by atoms with Crippen molar-refractivity contribution in [3.8, 4) is 0 Å². The molecule has 0 aliphatic carbocycles. The molecule has 1 aliphatic rings. The third-order valence-corrected chi connectivity index (χ3v) is 4.85. The average molecular weight is 363 g/mol. The van der Waals surface area contributed by atoms with E-state index in [9.17, 15) is 0 Å². The lowest BCUT2D eigenvalue weighted by atomic mass is 9.85. The highest BCUT2D eigenvalue weighted by atomic mass is 35.5. The number of nitrogens with zero attached hydrogens (tertiary/aromatic N) is 2. The summed E-state index contributed by atoms with van der Waals surface area (Å²) >= 11 is 6.01. The molecule has 3 aromatic rings. The van der Waals surface area contributed by atoms with Gasteiger partial charge in [0.25, 0.3) is 0 Å². The normalized spacial score (nSPS) is 23.8. The molecule has 4 nitrogen and oxygen atoms in total. The molecular weight excluding hydrogens is 343 g/mol. The molecule has 126 valence electrons. The fraction of sp³-hybridized carbons (Fsp3) is 0.333. The van der Waals surface area contributed by atoms with E-state index >= 15 is 0 Å². The summed E-state index contributed by atoms with van der Waals surface area (Å²) in [7, 11) is 0. The summed E-state index contributed by atoms with van der Waals surface area (Å²) in [5, 5.41) is 4.45. The van der Waals surface area contributed by atoms with Gasteiger partial charge in [-0.15, -0.1) is 12.4 Å². The number of piperidine rings is 1. The van der Waals surface area contributed by atoms with Crippen molar-refractivity contribution in [1.29, 1.82) is 0 Å². The molecule has 4 rings (SSSR count). The van der Waals surface area contributed by atoms with Crippen LogP contribution in [0.5, 0.6) is 0 Å². The Hall–Kier alpha value is -1.62. The number of nitrogens with one attached hydrogen (secondary N) is 2. The topological polar surface area (TPSA) is 53.6 Å². The van der Waals surface area contributed by atoms with Gasteiger partial charge in [-0.05, 0) is 43.5 Å². The maximum absolute atomic E-state index is 6.01. The van der Waals surface area contributed by atoms with Crippen LogP contribution in [-0.4, -0.2) is 21.0 Å². The molecule has 1 saturated heterocycles. The van der Waals surface area contributed by atoms with Crippen LogP contribution in [0.3, 0.4) is 0 Å². The Kier molecular flexibility index (Phi) is 5.09. The van der Waals surface area contributed by atoms with Crippen LogP contribution in [0.1, 0.15) is 43.1 Å². The van der Waals surface area contributed by atoms with Gasteiger partial charge in [-0.3, -0.25) is 0 Å². The van der Waals surface area contributed by atoms with E-state index in [0.717, 1.165) is 34.7 Å². The van der Waals surface area contributed by atoms with Gasteiger partial charge in [0.05, 0.1) is 17.2 Å². The molecule has 0 bridgehead atoms. The molecular formula is C18H20Cl2N4. The number of benzene rings is 1. The highest BCUT2D eigenvalue weighted by Gasteiger charge is 2.29. The number of hydrogen-bond donors (Lipinski definition) is 2. The molecule has 2 N–H and O–H groups in total. The number of halogens is 2. The van der Waals surface area contributed by atoms with E-state index in [4.69, 9.17) is 16.6 Å². The summed E-state index contributed by atoms with van der Waals surface area (Å²) < 4.78 is 0. The first-order valence-corrected chi connectivity index (χ1v) is 8.38. The van der Waals surface area contributed by atoms with E-state index in [1.807, 2.05) is 30.6 Å². The third-order valence-electron chi connectivity index (χ3n) is 4.60. The predicted molar refractivity (Wildman–Crippen MR) is 99.9 cm³/mol. The summed E-state index contributed by atoms with van der Waals surface area (Å²) in [5.41, 5.74) is 3.25. The maximum Gasteiger partial charge on any atom is 0.132 e. The lowest BCUT2D eigenvalue weighted by Gasteiger charge is -2.34. The molecule has 0 saturated carbocycles. The van der Waals surface area contributed by atoms with Crippen molar-refractivity contribution in [2.75, 3.05) is 0 Å². The molecule has 0 amide bonds. The quantitative estimate of drug-likeness (QED) is 0.698. The van der Waals surface area contributed by atoms with Gasteiger partial charge in [0.15, 0.2) is 0 Å². The molecule has 1 aromatic carbocycles. The van der Waals surface area contributed by atoms with E-state index in [1.54, 1.807) is 0 Å². The lowest BCUT2D eigenvalue weighted by molar-refractivity contribution is 0.300. The van der Waals surface area contributed by atoms with Crippen molar-refractivity contribution in [2.24, 2.45) is 0 Å². The first-order chi connectivity index (χ1) is 11.2. The van der Waals surface area contributed by atoms with E-state index in [-0.39, 0.29) is 12.4 Å². The number of aromatic nitrogens is 3. The summed E-state index contributed by atoms with van der Waals surface area (Å²) in [4.78, 5) is 12.5. The number of fused-ring (bicyclic) bond motifs is 1. The van der Waals surface area contributed by atoms with E-state index in [1.165, 1.54) is 5.56 Å². The Balaban J connectivity index is 0.00000169. The second-order valence-electron chi connectivity index (χ2n) is 6.34. The van der Waals surface area contributed by atoms with Gasteiger partial charge in [0.1, 0.15) is 5.82 Å². The third kappa shape index (κ3) is 3.41. The van der Waals surface area contributed by atoms with E-state index in [2.05, 4.69) is 34.3 Å². The summed E-state index contributed by atoms with van der Waals surface area (Å²) in [6.07, 6.45) is 5.86. The molecule has 1 aliphatic heterocycles. The van der Waals surface area contributed by atoms with Crippen LogP contribution < -0.4 is 5.32 Å². The first-order valence-electron chi connectivity index (χ1n) is 8.00. The molecule has 3 heterocycles. The predicted octanol–water partition coefficient (Wildman–Crippen LogP) is 4.63. The van der Waals surface area contributed by atoms with Gasteiger partial charge in [0, 0.05) is 29.2 Å². The monoisotopic (exact) mass is 362 g/mol. The minimum absolute atomic E-state index is 0. The van der Waals surface area contributed by atoms with Crippen LogP contribution in [-0.2, 0) is 0 Å². The standard InChI is InChI=1S/C18H19ClN4.ClH/c1-11-8-13(18-21-10-17-15(23-18)6-7-20-17)9-16(22-11)12-2-4-14(19)5-3-12;/h2-7,10-11,13,16,20,22H,8-9H2,1H3;1H. The Morgan fingerprint density at radius 1 is 1.12 bits per heavy atom. The second-order valence-corrected chi connectivity index (χ2v) is 6.78. The summed E-state index contributed by atoms with van der Waals surface area (Å²) in [6.45, 7) is 2.23. The smallest absolute Gasteiger partial charge is 0.132 e. The van der Waals surface area contributed by atoms with Crippen molar-refractivity contribution in [2.45, 2.75) is 37.8 Å².